The number of allylic oxidation sites excluding steroid dienone is 3. The molecule has 0 saturated carbocycles. The van der Waals surface area contributed by atoms with Gasteiger partial charge in [-0.1, -0.05) is 18.6 Å². The standard InChI is InChI=1S/C21H26N2O3/c1-7-14(2)8-10-19(23-15(3)12-18(22-23)16(4)24)17-9-11-20(25-5)21(13-17)26-6/h8-13H,7H2,1-6H3/b14-8?,19-10-. The lowest BCUT2D eigenvalue weighted by molar-refractivity contribution is 0.101. The van der Waals surface area contributed by atoms with Gasteiger partial charge in [-0.15, -0.1) is 0 Å². The van der Waals surface area contributed by atoms with Gasteiger partial charge in [-0.2, -0.15) is 5.10 Å². The maximum Gasteiger partial charge on any atom is 0.180 e. The molecule has 0 atom stereocenters. The van der Waals surface area contributed by atoms with E-state index >= 15 is 0 Å². The van der Waals surface area contributed by atoms with Gasteiger partial charge in [0.25, 0.3) is 0 Å². The van der Waals surface area contributed by atoms with E-state index in [1.54, 1.807) is 25.0 Å². The molecule has 0 fully saturated rings. The zero-order chi connectivity index (χ0) is 19.3. The topological polar surface area (TPSA) is 53.4 Å². The predicted molar refractivity (Wildman–Crippen MR) is 104 cm³/mol. The molecule has 0 amide bonds. The number of ketones is 1. The van der Waals surface area contributed by atoms with Gasteiger partial charge in [0.15, 0.2) is 17.3 Å². The molecule has 1 aromatic heterocycles. The number of methoxy groups -OCH3 is 2. The van der Waals surface area contributed by atoms with E-state index < -0.39 is 0 Å². The molecule has 1 heterocycles. The summed E-state index contributed by atoms with van der Waals surface area (Å²) in [5.41, 5.74) is 4.37. The van der Waals surface area contributed by atoms with Gasteiger partial charge in [0.2, 0.25) is 0 Å². The monoisotopic (exact) mass is 354 g/mol. The van der Waals surface area contributed by atoms with Gasteiger partial charge in [0, 0.05) is 18.2 Å². The van der Waals surface area contributed by atoms with Crippen LogP contribution in [-0.4, -0.2) is 29.8 Å². The quantitative estimate of drug-likeness (QED) is 0.536. The van der Waals surface area contributed by atoms with Crippen LogP contribution in [-0.2, 0) is 0 Å². The first-order chi connectivity index (χ1) is 12.4. The number of hydrogen-bond acceptors (Lipinski definition) is 4. The normalized spacial score (nSPS) is 12.2. The average Bonchev–Trinajstić information content (AvgIpc) is 3.03. The number of aryl methyl sites for hydroxylation is 1. The number of aromatic nitrogens is 2. The van der Waals surface area contributed by atoms with Gasteiger partial charge >= 0.3 is 0 Å². The maximum absolute atomic E-state index is 11.7. The van der Waals surface area contributed by atoms with Crippen LogP contribution in [0.5, 0.6) is 11.5 Å². The summed E-state index contributed by atoms with van der Waals surface area (Å²) in [7, 11) is 3.22. The summed E-state index contributed by atoms with van der Waals surface area (Å²) in [6, 6.07) is 7.53. The van der Waals surface area contributed by atoms with E-state index in [0.717, 1.165) is 23.4 Å². The first-order valence-electron chi connectivity index (χ1n) is 8.59. The van der Waals surface area contributed by atoms with Crippen LogP contribution in [0.25, 0.3) is 5.70 Å². The molecule has 0 saturated heterocycles. The van der Waals surface area contributed by atoms with E-state index in [4.69, 9.17) is 9.47 Å². The molecule has 26 heavy (non-hydrogen) atoms. The van der Waals surface area contributed by atoms with E-state index in [1.165, 1.54) is 12.5 Å². The minimum Gasteiger partial charge on any atom is -0.493 e. The number of rotatable bonds is 7. The molecule has 0 bridgehead atoms. The SMILES string of the molecule is CCC(C)=C/C=C(/c1ccc(OC)c(OC)c1)n1nc(C(C)=O)cc1C. The third kappa shape index (κ3) is 4.23. The Kier molecular flexibility index (Phi) is 6.39. The Morgan fingerprint density at radius 3 is 2.35 bits per heavy atom. The van der Waals surface area contributed by atoms with Gasteiger partial charge in [-0.25, -0.2) is 4.68 Å². The summed E-state index contributed by atoms with van der Waals surface area (Å²) in [4.78, 5) is 11.7. The molecule has 0 aliphatic heterocycles. The van der Waals surface area contributed by atoms with Gasteiger partial charge < -0.3 is 9.47 Å². The summed E-state index contributed by atoms with van der Waals surface area (Å²) in [5, 5.41) is 4.49. The Labute approximate surface area is 154 Å². The third-order valence-electron chi connectivity index (χ3n) is 4.24. The Morgan fingerprint density at radius 2 is 1.81 bits per heavy atom. The second-order valence-electron chi connectivity index (χ2n) is 6.13. The highest BCUT2D eigenvalue weighted by Crippen LogP contribution is 2.31. The maximum atomic E-state index is 11.7. The largest absolute Gasteiger partial charge is 0.493 e. The number of benzene rings is 1. The molecule has 0 spiro atoms. The molecule has 1 aromatic carbocycles. The third-order valence-corrected chi connectivity index (χ3v) is 4.24. The van der Waals surface area contributed by atoms with Crippen LogP contribution in [0.3, 0.4) is 0 Å². The van der Waals surface area contributed by atoms with Crippen LogP contribution in [0.2, 0.25) is 0 Å². The zero-order valence-electron chi connectivity index (χ0n) is 16.3. The lowest BCUT2D eigenvalue weighted by atomic mass is 10.1. The lowest BCUT2D eigenvalue weighted by Crippen LogP contribution is -2.05. The number of ether oxygens (including phenoxy) is 2. The molecule has 2 rings (SSSR count). The second-order valence-corrected chi connectivity index (χ2v) is 6.13. The van der Waals surface area contributed by atoms with E-state index in [9.17, 15) is 4.79 Å². The van der Waals surface area contributed by atoms with Crippen molar-refractivity contribution in [2.24, 2.45) is 0 Å². The van der Waals surface area contributed by atoms with Crippen LogP contribution >= 0.6 is 0 Å². The summed E-state index contributed by atoms with van der Waals surface area (Å²) >= 11 is 0. The van der Waals surface area contributed by atoms with Crippen molar-refractivity contribution in [3.05, 3.63) is 58.9 Å². The molecule has 5 heteroatoms. The van der Waals surface area contributed by atoms with Crippen molar-refractivity contribution >= 4 is 11.5 Å². The van der Waals surface area contributed by atoms with Crippen molar-refractivity contribution in [2.45, 2.75) is 34.1 Å². The van der Waals surface area contributed by atoms with Crippen molar-refractivity contribution in [2.75, 3.05) is 14.2 Å². The molecular formula is C21H26N2O3. The van der Waals surface area contributed by atoms with Crippen molar-refractivity contribution in [1.82, 2.24) is 9.78 Å². The van der Waals surface area contributed by atoms with Crippen molar-refractivity contribution < 1.29 is 14.3 Å². The number of Topliss-reactive ketones (excluding diaryl/α,β-unsaturated/α-hetero) is 1. The molecule has 2 aromatic rings. The molecule has 5 nitrogen and oxygen atoms in total. The Bertz CT molecular complexity index is 860. The van der Waals surface area contributed by atoms with Crippen LogP contribution in [0.15, 0.2) is 42.0 Å². The first-order valence-corrected chi connectivity index (χ1v) is 8.59. The molecule has 0 aliphatic rings. The minimum atomic E-state index is -0.0567. The summed E-state index contributed by atoms with van der Waals surface area (Å²) in [6.07, 6.45) is 5.05. The van der Waals surface area contributed by atoms with E-state index in [0.29, 0.717) is 17.2 Å². The summed E-state index contributed by atoms with van der Waals surface area (Å²) < 4.78 is 12.5. The van der Waals surface area contributed by atoms with Gasteiger partial charge in [0.1, 0.15) is 5.69 Å². The number of carbonyl (C=O) groups excluding carboxylic acids is 1. The fraction of sp³-hybridized carbons (Fsp3) is 0.333. The van der Waals surface area contributed by atoms with E-state index in [-0.39, 0.29) is 5.78 Å². The van der Waals surface area contributed by atoms with Crippen LogP contribution < -0.4 is 9.47 Å². The van der Waals surface area contributed by atoms with Crippen molar-refractivity contribution in [3.63, 3.8) is 0 Å². The highest BCUT2D eigenvalue weighted by Gasteiger charge is 2.14. The second kappa shape index (κ2) is 8.52. The summed E-state index contributed by atoms with van der Waals surface area (Å²) in [5.74, 6) is 1.25. The minimum absolute atomic E-state index is 0.0567. The number of carbonyl (C=O) groups is 1. The van der Waals surface area contributed by atoms with Crippen LogP contribution in [0.1, 0.15) is 48.9 Å². The van der Waals surface area contributed by atoms with Crippen molar-refractivity contribution in [3.8, 4) is 11.5 Å². The molecule has 0 N–H and O–H groups in total. The highest BCUT2D eigenvalue weighted by atomic mass is 16.5. The van der Waals surface area contributed by atoms with Crippen LogP contribution in [0, 0.1) is 6.92 Å². The first kappa shape index (κ1) is 19.5. The lowest BCUT2D eigenvalue weighted by Gasteiger charge is -2.13. The Balaban J connectivity index is 2.64. The highest BCUT2D eigenvalue weighted by molar-refractivity contribution is 5.92. The fourth-order valence-corrected chi connectivity index (χ4v) is 2.51. The molecule has 0 radical (unpaired) electrons. The van der Waals surface area contributed by atoms with E-state index in [1.807, 2.05) is 31.2 Å². The Morgan fingerprint density at radius 1 is 1.12 bits per heavy atom. The zero-order valence-corrected chi connectivity index (χ0v) is 16.3. The molecular weight excluding hydrogens is 328 g/mol. The van der Waals surface area contributed by atoms with Gasteiger partial charge in [-0.05, 0) is 50.6 Å². The average molecular weight is 354 g/mol. The fourth-order valence-electron chi connectivity index (χ4n) is 2.51. The smallest absolute Gasteiger partial charge is 0.180 e. The van der Waals surface area contributed by atoms with Crippen LogP contribution in [0.4, 0.5) is 0 Å². The predicted octanol–water partition coefficient (Wildman–Crippen LogP) is 4.66. The number of hydrogen-bond donors (Lipinski definition) is 0. The number of nitrogens with zero attached hydrogens (tertiary/aromatic N) is 2. The molecule has 138 valence electrons. The van der Waals surface area contributed by atoms with E-state index in [2.05, 4.69) is 25.0 Å². The molecule has 0 aliphatic carbocycles. The van der Waals surface area contributed by atoms with Gasteiger partial charge in [-0.3, -0.25) is 4.79 Å². The Hall–Kier alpha value is -2.82. The van der Waals surface area contributed by atoms with Gasteiger partial charge in [0.05, 0.1) is 19.9 Å². The molecule has 0 unspecified atom stereocenters. The van der Waals surface area contributed by atoms with Crippen molar-refractivity contribution in [1.29, 1.82) is 0 Å². The summed E-state index contributed by atoms with van der Waals surface area (Å²) in [6.45, 7) is 7.65.